The molecule has 0 unspecified atom stereocenters. The van der Waals surface area contributed by atoms with Gasteiger partial charge < -0.3 is 10.4 Å². The molecule has 1 aliphatic rings. The molecule has 2 aromatic rings. The number of rotatable bonds is 3. The predicted octanol–water partition coefficient (Wildman–Crippen LogP) is 2.05. The third-order valence-corrected chi connectivity index (χ3v) is 3.78. The maximum atomic E-state index is 14.0. The van der Waals surface area contributed by atoms with E-state index in [1.165, 1.54) is 12.3 Å². The molecule has 3 N–H and O–H groups in total. The number of benzene rings is 1. The van der Waals surface area contributed by atoms with Crippen molar-refractivity contribution in [2.45, 2.75) is 30.8 Å². The summed E-state index contributed by atoms with van der Waals surface area (Å²) in [5.41, 5.74) is -1.54. The Balaban J connectivity index is 1.87. The summed E-state index contributed by atoms with van der Waals surface area (Å²) < 4.78 is 27.9. The number of fused-ring (bicyclic) bond motifs is 1. The third-order valence-electron chi connectivity index (χ3n) is 3.78. The molecular weight excluding hydrogens is 268 g/mol. The number of aliphatic hydroxyl groups is 1. The number of carbonyl (C=O) groups is 1. The first kappa shape index (κ1) is 13.0. The standard InChI is InChI=1S/C13H13F2N3O2/c14-13(15,12(20)5-2-6-12)11(19)17-9-4-1-3-8-7-16-18-10(8)9/h1,3-4,7,20H,2,5-6H2,(H,16,18)(H,17,19). The summed E-state index contributed by atoms with van der Waals surface area (Å²) in [6.45, 7) is 0. The van der Waals surface area contributed by atoms with Crippen LogP contribution in [0.1, 0.15) is 19.3 Å². The van der Waals surface area contributed by atoms with Crippen molar-refractivity contribution in [2.24, 2.45) is 0 Å². The average Bonchev–Trinajstić information content (AvgIpc) is 2.85. The zero-order valence-corrected chi connectivity index (χ0v) is 10.5. The number of H-pyrrole nitrogens is 1. The van der Waals surface area contributed by atoms with E-state index >= 15 is 0 Å². The van der Waals surface area contributed by atoms with Crippen LogP contribution in [0.4, 0.5) is 14.5 Å². The second kappa shape index (κ2) is 4.24. The Hall–Kier alpha value is -2.02. The molecule has 1 aromatic carbocycles. The second-order valence-corrected chi connectivity index (χ2v) is 5.05. The smallest absolute Gasteiger partial charge is 0.352 e. The number of hydrogen-bond acceptors (Lipinski definition) is 3. The lowest BCUT2D eigenvalue weighted by molar-refractivity contribution is -0.212. The van der Waals surface area contributed by atoms with Gasteiger partial charge in [-0.1, -0.05) is 12.1 Å². The Bertz CT molecular complexity index is 664. The van der Waals surface area contributed by atoms with Gasteiger partial charge in [-0.3, -0.25) is 9.89 Å². The van der Waals surface area contributed by atoms with Crippen molar-refractivity contribution >= 4 is 22.5 Å². The highest BCUT2D eigenvalue weighted by atomic mass is 19.3. The van der Waals surface area contributed by atoms with Gasteiger partial charge in [0.15, 0.2) is 0 Å². The molecule has 1 aliphatic carbocycles. The number of aromatic amines is 1. The van der Waals surface area contributed by atoms with Crippen molar-refractivity contribution in [3.63, 3.8) is 0 Å². The summed E-state index contributed by atoms with van der Waals surface area (Å²) in [4.78, 5) is 11.8. The van der Waals surface area contributed by atoms with E-state index in [1.54, 1.807) is 12.1 Å². The molecular formula is C13H13F2N3O2. The summed E-state index contributed by atoms with van der Waals surface area (Å²) >= 11 is 0. The molecule has 0 saturated heterocycles. The van der Waals surface area contributed by atoms with E-state index in [2.05, 4.69) is 15.5 Å². The normalized spacial score (nSPS) is 17.8. The maximum absolute atomic E-state index is 14.0. The van der Waals surface area contributed by atoms with Crippen molar-refractivity contribution < 1.29 is 18.7 Å². The highest BCUT2D eigenvalue weighted by Crippen LogP contribution is 2.44. The second-order valence-electron chi connectivity index (χ2n) is 5.05. The fourth-order valence-corrected chi connectivity index (χ4v) is 2.31. The number of nitrogens with zero attached hydrogens (tertiary/aromatic N) is 1. The summed E-state index contributed by atoms with van der Waals surface area (Å²) in [6.07, 6.45) is 1.89. The average molecular weight is 281 g/mol. The quantitative estimate of drug-likeness (QED) is 0.805. The molecule has 1 aromatic heterocycles. The lowest BCUT2D eigenvalue weighted by Gasteiger charge is -2.41. The van der Waals surface area contributed by atoms with Gasteiger partial charge in [-0.2, -0.15) is 13.9 Å². The minimum atomic E-state index is -3.81. The van der Waals surface area contributed by atoms with E-state index in [4.69, 9.17) is 0 Å². The molecule has 1 amide bonds. The minimum Gasteiger partial charge on any atom is -0.383 e. The summed E-state index contributed by atoms with van der Waals surface area (Å²) in [7, 11) is 0. The number of nitrogens with one attached hydrogen (secondary N) is 2. The van der Waals surface area contributed by atoms with Gasteiger partial charge in [-0.05, 0) is 25.3 Å². The first-order valence-corrected chi connectivity index (χ1v) is 6.28. The molecule has 106 valence electrons. The number of alkyl halides is 2. The molecule has 20 heavy (non-hydrogen) atoms. The Labute approximate surface area is 113 Å². The van der Waals surface area contributed by atoms with E-state index in [1.807, 2.05) is 0 Å². The number of halogens is 2. The summed E-state index contributed by atoms with van der Waals surface area (Å²) in [5, 5.41) is 19.0. The molecule has 0 bridgehead atoms. The molecule has 0 atom stereocenters. The van der Waals surface area contributed by atoms with E-state index in [9.17, 15) is 18.7 Å². The van der Waals surface area contributed by atoms with Crippen LogP contribution in [0.5, 0.6) is 0 Å². The number of anilines is 1. The SMILES string of the molecule is O=C(Nc1cccc2cn[nH]c12)C(F)(F)C1(O)CCC1. The summed E-state index contributed by atoms with van der Waals surface area (Å²) in [6, 6.07) is 4.87. The van der Waals surface area contributed by atoms with Gasteiger partial charge in [0.25, 0.3) is 5.91 Å². The van der Waals surface area contributed by atoms with Crippen LogP contribution in [0.3, 0.4) is 0 Å². The van der Waals surface area contributed by atoms with E-state index in [0.717, 1.165) is 0 Å². The zero-order chi connectivity index (χ0) is 14.4. The van der Waals surface area contributed by atoms with Gasteiger partial charge >= 0.3 is 5.92 Å². The van der Waals surface area contributed by atoms with Crippen LogP contribution < -0.4 is 5.32 Å². The molecule has 5 nitrogen and oxygen atoms in total. The van der Waals surface area contributed by atoms with Crippen LogP contribution in [0, 0.1) is 0 Å². The number of amides is 1. The lowest BCUT2D eigenvalue weighted by atomic mass is 9.75. The van der Waals surface area contributed by atoms with Crippen molar-refractivity contribution in [3.8, 4) is 0 Å². The lowest BCUT2D eigenvalue weighted by Crippen LogP contribution is -2.59. The van der Waals surface area contributed by atoms with Gasteiger partial charge in [-0.15, -0.1) is 0 Å². The fourth-order valence-electron chi connectivity index (χ4n) is 2.31. The molecule has 0 radical (unpaired) electrons. The van der Waals surface area contributed by atoms with Gasteiger partial charge in [0.2, 0.25) is 0 Å². The zero-order valence-electron chi connectivity index (χ0n) is 10.5. The molecule has 3 rings (SSSR count). The van der Waals surface area contributed by atoms with Gasteiger partial charge in [-0.25, -0.2) is 0 Å². The van der Waals surface area contributed by atoms with Gasteiger partial charge in [0.1, 0.15) is 5.60 Å². The van der Waals surface area contributed by atoms with Gasteiger partial charge in [0.05, 0.1) is 17.4 Å². The Kier molecular flexibility index (Phi) is 2.75. The molecule has 1 fully saturated rings. The Morgan fingerprint density at radius 1 is 1.45 bits per heavy atom. The molecule has 7 heteroatoms. The monoisotopic (exact) mass is 281 g/mol. The van der Waals surface area contributed by atoms with Crippen molar-refractivity contribution in [3.05, 3.63) is 24.4 Å². The van der Waals surface area contributed by atoms with E-state index in [-0.39, 0.29) is 18.5 Å². The predicted molar refractivity (Wildman–Crippen MR) is 68.5 cm³/mol. The summed E-state index contributed by atoms with van der Waals surface area (Å²) in [5.74, 6) is -5.31. The largest absolute Gasteiger partial charge is 0.383 e. The van der Waals surface area contributed by atoms with Crippen molar-refractivity contribution in [2.75, 3.05) is 5.32 Å². The van der Waals surface area contributed by atoms with Crippen LogP contribution in [0.15, 0.2) is 24.4 Å². The first-order chi connectivity index (χ1) is 9.44. The van der Waals surface area contributed by atoms with Gasteiger partial charge in [0, 0.05) is 5.39 Å². The first-order valence-electron chi connectivity index (χ1n) is 6.28. The topological polar surface area (TPSA) is 78.0 Å². The van der Waals surface area contributed by atoms with Crippen molar-refractivity contribution in [1.82, 2.24) is 10.2 Å². The minimum absolute atomic E-state index is 0.0678. The number of hydrogen-bond donors (Lipinski definition) is 3. The van der Waals surface area contributed by atoms with E-state index in [0.29, 0.717) is 17.3 Å². The fraction of sp³-hybridized carbons (Fsp3) is 0.385. The third kappa shape index (κ3) is 1.77. The van der Waals surface area contributed by atoms with Crippen LogP contribution in [-0.4, -0.2) is 32.7 Å². The molecule has 0 aliphatic heterocycles. The van der Waals surface area contributed by atoms with Crippen molar-refractivity contribution in [1.29, 1.82) is 0 Å². The molecule has 0 spiro atoms. The van der Waals surface area contributed by atoms with E-state index < -0.39 is 17.4 Å². The van der Waals surface area contributed by atoms with Crippen LogP contribution in [0.2, 0.25) is 0 Å². The highest BCUT2D eigenvalue weighted by molar-refractivity contribution is 6.03. The van der Waals surface area contributed by atoms with Crippen LogP contribution in [-0.2, 0) is 4.79 Å². The number of carbonyl (C=O) groups excluding carboxylic acids is 1. The maximum Gasteiger partial charge on any atom is 0.352 e. The molecule has 1 saturated carbocycles. The number of aromatic nitrogens is 2. The molecule has 1 heterocycles. The van der Waals surface area contributed by atoms with Crippen LogP contribution >= 0.6 is 0 Å². The van der Waals surface area contributed by atoms with Crippen LogP contribution in [0.25, 0.3) is 10.9 Å². The highest BCUT2D eigenvalue weighted by Gasteiger charge is 2.61. The Morgan fingerprint density at radius 2 is 2.20 bits per heavy atom. The Morgan fingerprint density at radius 3 is 2.85 bits per heavy atom. The number of para-hydroxylation sites is 1.